The van der Waals surface area contributed by atoms with E-state index in [9.17, 15) is 13.6 Å². The molecule has 7 heteroatoms. The van der Waals surface area contributed by atoms with Crippen molar-refractivity contribution in [2.24, 2.45) is 0 Å². The molecule has 1 aliphatic heterocycles. The zero-order valence-electron chi connectivity index (χ0n) is 13.3. The third kappa shape index (κ3) is 3.25. The predicted molar refractivity (Wildman–Crippen MR) is 92.3 cm³/mol. The van der Waals surface area contributed by atoms with Crippen LogP contribution < -0.4 is 5.56 Å². The number of nitrogens with zero attached hydrogens (tertiary/aromatic N) is 2. The minimum atomic E-state index is -0.584. The average molecular weight is 359 g/mol. The van der Waals surface area contributed by atoms with Gasteiger partial charge in [-0.3, -0.25) is 9.69 Å². The van der Waals surface area contributed by atoms with E-state index in [2.05, 4.69) is 9.97 Å². The lowest BCUT2D eigenvalue weighted by molar-refractivity contribution is 0.237. The molecule has 1 N–H and O–H groups in total. The third-order valence-electron chi connectivity index (χ3n) is 4.32. The number of thiophene rings is 1. The van der Waals surface area contributed by atoms with Gasteiger partial charge in [-0.25, -0.2) is 13.8 Å². The molecule has 0 unspecified atom stereocenters. The van der Waals surface area contributed by atoms with E-state index in [1.54, 1.807) is 0 Å². The van der Waals surface area contributed by atoms with Gasteiger partial charge in [0.1, 0.15) is 11.6 Å². The van der Waals surface area contributed by atoms with Crippen LogP contribution >= 0.6 is 11.3 Å². The summed E-state index contributed by atoms with van der Waals surface area (Å²) in [5.74, 6) is -0.573. The fourth-order valence-electron chi connectivity index (χ4n) is 3.05. The van der Waals surface area contributed by atoms with E-state index in [0.29, 0.717) is 43.0 Å². The first-order valence-corrected chi connectivity index (χ1v) is 8.80. The molecule has 0 bridgehead atoms. The first-order chi connectivity index (χ1) is 12.1. The Morgan fingerprint density at radius 3 is 2.92 bits per heavy atom. The fourth-order valence-corrected chi connectivity index (χ4v) is 3.72. The molecular weight excluding hydrogens is 344 g/mol. The maximum Gasteiger partial charge on any atom is 0.254 e. The monoisotopic (exact) mass is 359 g/mol. The van der Waals surface area contributed by atoms with Crippen molar-refractivity contribution < 1.29 is 8.78 Å². The Hall–Kier alpha value is -2.38. The van der Waals surface area contributed by atoms with Crippen LogP contribution in [0.4, 0.5) is 8.78 Å². The second-order valence-electron chi connectivity index (χ2n) is 6.01. The molecule has 4 nitrogen and oxygen atoms in total. The maximum atomic E-state index is 13.9. The van der Waals surface area contributed by atoms with Gasteiger partial charge in [-0.05, 0) is 23.9 Å². The van der Waals surface area contributed by atoms with Crippen LogP contribution in [0.3, 0.4) is 0 Å². The Morgan fingerprint density at radius 1 is 1.28 bits per heavy atom. The van der Waals surface area contributed by atoms with Crippen LogP contribution in [0, 0.1) is 11.6 Å². The van der Waals surface area contributed by atoms with Gasteiger partial charge in [-0.2, -0.15) is 0 Å². The first kappa shape index (κ1) is 16.1. The minimum absolute atomic E-state index is 0.110. The van der Waals surface area contributed by atoms with Crippen molar-refractivity contribution in [2.45, 2.75) is 19.5 Å². The molecule has 0 saturated carbocycles. The zero-order chi connectivity index (χ0) is 17.4. The standard InChI is InChI=1S/C18H15F2N3OS/c19-12-4-3-11(14(20)8-12)9-23-6-5-13-15(10-23)21-17(22-18(13)24)16-2-1-7-25-16/h1-4,7-8H,5-6,9-10H2,(H,21,22,24). The van der Waals surface area contributed by atoms with Crippen molar-refractivity contribution in [1.29, 1.82) is 0 Å². The summed E-state index contributed by atoms with van der Waals surface area (Å²) in [4.78, 5) is 22.7. The summed E-state index contributed by atoms with van der Waals surface area (Å²) in [5.41, 5.74) is 1.74. The van der Waals surface area contributed by atoms with Gasteiger partial charge in [0.2, 0.25) is 0 Å². The zero-order valence-corrected chi connectivity index (χ0v) is 14.1. The van der Waals surface area contributed by atoms with E-state index in [1.807, 2.05) is 22.4 Å². The number of nitrogens with one attached hydrogen (secondary N) is 1. The molecule has 0 fully saturated rings. The molecule has 3 aromatic rings. The number of rotatable bonds is 3. The molecule has 0 saturated heterocycles. The normalized spacial score (nSPS) is 14.5. The van der Waals surface area contributed by atoms with Crippen LogP contribution in [0.5, 0.6) is 0 Å². The van der Waals surface area contributed by atoms with Crippen molar-refractivity contribution in [3.63, 3.8) is 0 Å². The van der Waals surface area contributed by atoms with Crippen molar-refractivity contribution in [2.75, 3.05) is 6.54 Å². The van der Waals surface area contributed by atoms with E-state index in [4.69, 9.17) is 0 Å². The van der Waals surface area contributed by atoms with E-state index in [1.165, 1.54) is 23.5 Å². The molecule has 3 heterocycles. The number of benzene rings is 1. The highest BCUT2D eigenvalue weighted by Crippen LogP contribution is 2.23. The quantitative estimate of drug-likeness (QED) is 0.780. The molecular formula is C18H15F2N3OS. The van der Waals surface area contributed by atoms with Gasteiger partial charge in [0.05, 0.1) is 10.6 Å². The largest absolute Gasteiger partial charge is 0.306 e. The van der Waals surface area contributed by atoms with Crippen LogP contribution in [0.1, 0.15) is 16.8 Å². The van der Waals surface area contributed by atoms with Crippen molar-refractivity contribution in [3.8, 4) is 10.7 Å². The second kappa shape index (κ2) is 6.50. The summed E-state index contributed by atoms with van der Waals surface area (Å²) >= 11 is 1.51. The van der Waals surface area contributed by atoms with Crippen molar-refractivity contribution in [1.82, 2.24) is 14.9 Å². The summed E-state index contributed by atoms with van der Waals surface area (Å²) in [6, 6.07) is 7.43. The number of aromatic nitrogens is 2. The summed E-state index contributed by atoms with van der Waals surface area (Å²) < 4.78 is 26.9. The highest BCUT2D eigenvalue weighted by Gasteiger charge is 2.22. The smallest absolute Gasteiger partial charge is 0.254 e. The van der Waals surface area contributed by atoms with Gasteiger partial charge in [0.15, 0.2) is 5.82 Å². The number of hydrogen-bond acceptors (Lipinski definition) is 4. The molecule has 0 atom stereocenters. The number of aromatic amines is 1. The number of fused-ring (bicyclic) bond motifs is 1. The summed E-state index contributed by atoms with van der Waals surface area (Å²) in [5, 5.41) is 1.93. The molecule has 4 rings (SSSR count). The van der Waals surface area contributed by atoms with Gasteiger partial charge in [-0.15, -0.1) is 11.3 Å². The topological polar surface area (TPSA) is 49.0 Å². The Kier molecular flexibility index (Phi) is 4.19. The van der Waals surface area contributed by atoms with Gasteiger partial charge < -0.3 is 4.98 Å². The number of H-pyrrole nitrogens is 1. The fraction of sp³-hybridized carbons (Fsp3) is 0.222. The first-order valence-electron chi connectivity index (χ1n) is 7.92. The number of halogens is 2. The van der Waals surface area contributed by atoms with Gasteiger partial charge in [-0.1, -0.05) is 12.1 Å². The lowest BCUT2D eigenvalue weighted by atomic mass is 10.1. The average Bonchev–Trinajstić information content (AvgIpc) is 3.12. The van der Waals surface area contributed by atoms with Crippen LogP contribution in [0.15, 0.2) is 40.5 Å². The van der Waals surface area contributed by atoms with Gasteiger partial charge in [0, 0.05) is 36.8 Å². The lowest BCUT2D eigenvalue weighted by Crippen LogP contribution is -2.35. The summed E-state index contributed by atoms with van der Waals surface area (Å²) in [7, 11) is 0. The molecule has 25 heavy (non-hydrogen) atoms. The molecule has 0 radical (unpaired) electrons. The molecule has 1 aromatic carbocycles. The Morgan fingerprint density at radius 2 is 2.16 bits per heavy atom. The summed E-state index contributed by atoms with van der Waals surface area (Å²) in [6.07, 6.45) is 0.561. The highest BCUT2D eigenvalue weighted by molar-refractivity contribution is 7.13. The van der Waals surface area contributed by atoms with E-state index >= 15 is 0 Å². The lowest BCUT2D eigenvalue weighted by Gasteiger charge is -2.27. The third-order valence-corrected chi connectivity index (χ3v) is 5.19. The van der Waals surface area contributed by atoms with E-state index in [0.717, 1.165) is 16.6 Å². The Bertz CT molecular complexity index is 969. The molecule has 128 valence electrons. The Balaban J connectivity index is 1.61. The van der Waals surface area contributed by atoms with Crippen LogP contribution in [-0.2, 0) is 19.5 Å². The molecule has 0 amide bonds. The molecule has 1 aliphatic rings. The van der Waals surface area contributed by atoms with Crippen LogP contribution in [-0.4, -0.2) is 21.4 Å². The number of hydrogen-bond donors (Lipinski definition) is 1. The molecule has 0 aliphatic carbocycles. The molecule has 2 aromatic heterocycles. The summed E-state index contributed by atoms with van der Waals surface area (Å²) in [6.45, 7) is 1.45. The van der Waals surface area contributed by atoms with Gasteiger partial charge in [0.25, 0.3) is 5.56 Å². The second-order valence-corrected chi connectivity index (χ2v) is 6.96. The van der Waals surface area contributed by atoms with Crippen LogP contribution in [0.2, 0.25) is 0 Å². The van der Waals surface area contributed by atoms with Crippen molar-refractivity contribution >= 4 is 11.3 Å². The minimum Gasteiger partial charge on any atom is -0.306 e. The SMILES string of the molecule is O=c1[nH]c(-c2cccs2)nc2c1CCN(Cc1ccc(F)cc1F)C2. The van der Waals surface area contributed by atoms with E-state index < -0.39 is 11.6 Å². The maximum absolute atomic E-state index is 13.9. The van der Waals surface area contributed by atoms with Crippen LogP contribution in [0.25, 0.3) is 10.7 Å². The highest BCUT2D eigenvalue weighted by atomic mass is 32.1. The predicted octanol–water partition coefficient (Wildman–Crippen LogP) is 3.33. The van der Waals surface area contributed by atoms with E-state index in [-0.39, 0.29) is 5.56 Å². The Labute approximate surface area is 146 Å². The van der Waals surface area contributed by atoms with Crippen molar-refractivity contribution in [3.05, 3.63) is 74.5 Å². The van der Waals surface area contributed by atoms with Gasteiger partial charge >= 0.3 is 0 Å². The molecule has 0 spiro atoms.